The Morgan fingerprint density at radius 1 is 0.950 bits per heavy atom. The number of Topliss-reactive ketones (excluding diaryl/α,β-unsaturated/α-hetero) is 2. The van der Waals surface area contributed by atoms with Crippen LogP contribution in [-0.2, 0) is 6.54 Å². The van der Waals surface area contributed by atoms with E-state index in [4.69, 9.17) is 5.26 Å². The van der Waals surface area contributed by atoms with Crippen LogP contribution in [0.15, 0.2) is 54.9 Å². The molecule has 1 aromatic carbocycles. The number of carbonyl (C=O) groups excluding carboxylic acids is 2. The van der Waals surface area contributed by atoms with Crippen LogP contribution in [0.1, 0.15) is 27.1 Å². The molecule has 0 saturated heterocycles. The van der Waals surface area contributed by atoms with Gasteiger partial charge in [0.15, 0.2) is 18.2 Å². The Hall–Kier alpha value is -2.80. The van der Waals surface area contributed by atoms with E-state index >= 15 is 0 Å². The molecule has 0 bridgehead atoms. The fourth-order valence-electron chi connectivity index (χ4n) is 1.80. The SMILES string of the molecule is N#CCC(=O)c1cc[n+](CC(=O)c2ccccc2)cc1. The number of benzene rings is 1. The zero-order valence-electron chi connectivity index (χ0n) is 10.8. The lowest BCUT2D eigenvalue weighted by atomic mass is 10.1. The second-order valence-electron chi connectivity index (χ2n) is 4.31. The minimum Gasteiger partial charge on any atom is -0.293 e. The maximum Gasteiger partial charge on any atom is 0.227 e. The summed E-state index contributed by atoms with van der Waals surface area (Å²) in [5.41, 5.74) is 1.14. The van der Waals surface area contributed by atoms with Crippen molar-refractivity contribution < 1.29 is 14.2 Å². The first kappa shape index (κ1) is 13.6. The average molecular weight is 265 g/mol. The first-order valence-corrected chi connectivity index (χ1v) is 6.18. The molecule has 0 spiro atoms. The number of carbonyl (C=O) groups is 2. The van der Waals surface area contributed by atoms with Gasteiger partial charge in [0.1, 0.15) is 0 Å². The third kappa shape index (κ3) is 3.36. The predicted molar refractivity (Wildman–Crippen MR) is 72.0 cm³/mol. The third-order valence-electron chi connectivity index (χ3n) is 2.87. The zero-order valence-corrected chi connectivity index (χ0v) is 10.8. The van der Waals surface area contributed by atoms with Crippen LogP contribution < -0.4 is 4.57 Å². The van der Waals surface area contributed by atoms with Gasteiger partial charge in [0.25, 0.3) is 0 Å². The number of rotatable bonds is 5. The van der Waals surface area contributed by atoms with Crippen LogP contribution in [0.4, 0.5) is 0 Å². The van der Waals surface area contributed by atoms with Crippen molar-refractivity contribution in [2.45, 2.75) is 13.0 Å². The summed E-state index contributed by atoms with van der Waals surface area (Å²) >= 11 is 0. The van der Waals surface area contributed by atoms with Gasteiger partial charge in [-0.2, -0.15) is 9.83 Å². The standard InChI is InChI=1S/C16H13N2O2/c17-9-6-15(19)14-7-10-18(11-8-14)12-16(20)13-4-2-1-3-5-13/h1-5,7-8,10-11H,6,12H2/q+1. The van der Waals surface area contributed by atoms with E-state index in [1.807, 2.05) is 24.3 Å². The van der Waals surface area contributed by atoms with Crippen molar-refractivity contribution in [1.82, 2.24) is 0 Å². The molecule has 2 aromatic rings. The normalized spacial score (nSPS) is 9.75. The van der Waals surface area contributed by atoms with Gasteiger partial charge in [-0.15, -0.1) is 0 Å². The van der Waals surface area contributed by atoms with Crippen LogP contribution in [0, 0.1) is 11.3 Å². The molecule has 0 unspecified atom stereocenters. The molecule has 0 atom stereocenters. The minimum absolute atomic E-state index is 0.00620. The molecule has 0 saturated carbocycles. The maximum atomic E-state index is 12.0. The Labute approximate surface area is 116 Å². The van der Waals surface area contributed by atoms with Crippen molar-refractivity contribution in [1.29, 1.82) is 5.26 Å². The van der Waals surface area contributed by atoms with E-state index in [1.165, 1.54) is 0 Å². The fraction of sp³-hybridized carbons (Fsp3) is 0.125. The highest BCUT2D eigenvalue weighted by Crippen LogP contribution is 2.02. The van der Waals surface area contributed by atoms with Gasteiger partial charge >= 0.3 is 0 Å². The van der Waals surface area contributed by atoms with Crippen molar-refractivity contribution >= 4 is 11.6 Å². The van der Waals surface area contributed by atoms with Crippen LogP contribution in [-0.4, -0.2) is 11.6 Å². The number of hydrogen-bond donors (Lipinski definition) is 0. The van der Waals surface area contributed by atoms with Crippen LogP contribution in [0.25, 0.3) is 0 Å². The lowest BCUT2D eigenvalue weighted by Crippen LogP contribution is -2.37. The molecule has 98 valence electrons. The van der Waals surface area contributed by atoms with Crippen LogP contribution >= 0.6 is 0 Å². The van der Waals surface area contributed by atoms with Gasteiger partial charge in [-0.05, 0) is 0 Å². The Morgan fingerprint density at radius 2 is 1.55 bits per heavy atom. The predicted octanol–water partition coefficient (Wildman–Crippen LogP) is 1.95. The quantitative estimate of drug-likeness (QED) is 0.613. The molecule has 0 radical (unpaired) electrons. The summed E-state index contributed by atoms with van der Waals surface area (Å²) < 4.78 is 1.71. The van der Waals surface area contributed by atoms with Crippen LogP contribution in [0.5, 0.6) is 0 Å². The number of nitriles is 1. The Balaban J connectivity index is 2.06. The Bertz CT molecular complexity index is 655. The molecule has 4 heteroatoms. The number of pyridine rings is 1. The summed E-state index contributed by atoms with van der Waals surface area (Å²) in [5.74, 6) is -0.208. The first-order chi connectivity index (χ1) is 9.70. The van der Waals surface area contributed by atoms with Crippen molar-refractivity contribution in [2.24, 2.45) is 0 Å². The van der Waals surface area contributed by atoms with Crippen molar-refractivity contribution in [3.8, 4) is 6.07 Å². The fourth-order valence-corrected chi connectivity index (χ4v) is 1.80. The van der Waals surface area contributed by atoms with Crippen LogP contribution in [0.2, 0.25) is 0 Å². The number of nitrogens with zero attached hydrogens (tertiary/aromatic N) is 2. The van der Waals surface area contributed by atoms with E-state index in [0.717, 1.165) is 0 Å². The zero-order chi connectivity index (χ0) is 14.4. The molecule has 20 heavy (non-hydrogen) atoms. The molecular formula is C16H13N2O2+. The minimum atomic E-state index is -0.214. The average Bonchev–Trinajstić information content (AvgIpc) is 2.49. The van der Waals surface area contributed by atoms with Gasteiger partial charge in [0.05, 0.1) is 12.5 Å². The van der Waals surface area contributed by atoms with Crippen molar-refractivity contribution in [3.63, 3.8) is 0 Å². The number of hydrogen-bond acceptors (Lipinski definition) is 3. The van der Waals surface area contributed by atoms with Gasteiger partial charge in [0.2, 0.25) is 12.3 Å². The number of ketones is 2. The van der Waals surface area contributed by atoms with Gasteiger partial charge in [-0.3, -0.25) is 9.59 Å². The van der Waals surface area contributed by atoms with E-state index in [2.05, 4.69) is 0 Å². The highest BCUT2D eigenvalue weighted by molar-refractivity contribution is 5.97. The topological polar surface area (TPSA) is 61.8 Å². The van der Waals surface area contributed by atoms with Gasteiger partial charge in [-0.1, -0.05) is 30.3 Å². The largest absolute Gasteiger partial charge is 0.293 e. The van der Waals surface area contributed by atoms with Crippen molar-refractivity contribution in [3.05, 3.63) is 66.0 Å². The van der Waals surface area contributed by atoms with E-state index in [0.29, 0.717) is 11.1 Å². The molecule has 0 fully saturated rings. The van der Waals surface area contributed by atoms with E-state index in [9.17, 15) is 9.59 Å². The second kappa shape index (κ2) is 6.39. The summed E-state index contributed by atoms with van der Waals surface area (Å²) in [6, 6.07) is 14.1. The summed E-state index contributed by atoms with van der Waals surface area (Å²) in [6.07, 6.45) is 3.21. The number of aromatic nitrogens is 1. The molecule has 0 aliphatic rings. The molecule has 0 aliphatic carbocycles. The first-order valence-electron chi connectivity index (χ1n) is 6.18. The van der Waals surface area contributed by atoms with Gasteiger partial charge in [0, 0.05) is 23.3 Å². The molecule has 4 nitrogen and oxygen atoms in total. The molecule has 1 aromatic heterocycles. The van der Waals surface area contributed by atoms with E-state index in [-0.39, 0.29) is 24.5 Å². The molecule has 0 aliphatic heterocycles. The molecule has 2 rings (SSSR count). The van der Waals surface area contributed by atoms with Crippen molar-refractivity contribution in [2.75, 3.05) is 0 Å². The lowest BCUT2D eigenvalue weighted by Gasteiger charge is -1.99. The smallest absolute Gasteiger partial charge is 0.227 e. The summed E-state index contributed by atoms with van der Waals surface area (Å²) in [7, 11) is 0. The molecule has 0 amide bonds. The van der Waals surface area contributed by atoms with Gasteiger partial charge in [-0.25, -0.2) is 0 Å². The maximum absolute atomic E-state index is 12.0. The highest BCUT2D eigenvalue weighted by atomic mass is 16.1. The highest BCUT2D eigenvalue weighted by Gasteiger charge is 2.13. The Kier molecular flexibility index (Phi) is 4.35. The monoisotopic (exact) mass is 265 g/mol. The van der Waals surface area contributed by atoms with Gasteiger partial charge < -0.3 is 0 Å². The van der Waals surface area contributed by atoms with E-state index < -0.39 is 0 Å². The summed E-state index contributed by atoms with van der Waals surface area (Å²) in [6.45, 7) is 0.219. The third-order valence-corrected chi connectivity index (χ3v) is 2.87. The van der Waals surface area contributed by atoms with E-state index in [1.54, 1.807) is 41.2 Å². The Morgan fingerprint density at radius 3 is 2.15 bits per heavy atom. The van der Waals surface area contributed by atoms with Crippen LogP contribution in [0.3, 0.4) is 0 Å². The molecule has 1 heterocycles. The molecular weight excluding hydrogens is 252 g/mol. The molecule has 0 N–H and O–H groups in total. The summed E-state index contributed by atoms with van der Waals surface area (Å²) in [4.78, 5) is 23.5. The second-order valence-corrected chi connectivity index (χ2v) is 4.31. The summed E-state index contributed by atoms with van der Waals surface area (Å²) in [5, 5.41) is 8.48. The lowest BCUT2D eigenvalue weighted by molar-refractivity contribution is -0.683.